The molecule has 4 nitrogen and oxygen atoms in total. The topological polar surface area (TPSA) is 41.6 Å². The molecule has 0 unspecified atom stereocenters. The average Bonchev–Trinajstić information content (AvgIpc) is 2.60. The van der Waals surface area contributed by atoms with E-state index in [1.54, 1.807) is 0 Å². The van der Waals surface area contributed by atoms with Crippen molar-refractivity contribution in [3.05, 3.63) is 35.9 Å². The van der Waals surface area contributed by atoms with Crippen LogP contribution in [0.25, 0.3) is 0 Å². The van der Waals surface area contributed by atoms with Crippen LogP contribution < -0.4 is 5.32 Å². The van der Waals surface area contributed by atoms with E-state index in [1.165, 1.54) is 0 Å². The van der Waals surface area contributed by atoms with Crippen LogP contribution in [0.2, 0.25) is 0 Å². The number of likely N-dealkylation sites (N-methyl/N-ethyl adjacent to an activating group) is 1. The fraction of sp³-hybridized carbons (Fsp3) is 0.611. The number of hydrogen-bond acceptors (Lipinski definition) is 3. The number of ether oxygens (including phenoxy) is 1. The minimum atomic E-state index is -0.428. The second-order valence-corrected chi connectivity index (χ2v) is 5.84. The van der Waals surface area contributed by atoms with Crippen molar-refractivity contribution < 1.29 is 9.53 Å². The van der Waals surface area contributed by atoms with Crippen LogP contribution in [0, 0.1) is 0 Å². The molecule has 0 atom stereocenters. The van der Waals surface area contributed by atoms with Crippen molar-refractivity contribution in [3.8, 4) is 0 Å². The highest BCUT2D eigenvalue weighted by atomic mass is 16.5. The lowest BCUT2D eigenvalue weighted by Gasteiger charge is -2.36. The third-order valence-electron chi connectivity index (χ3n) is 4.72. The van der Waals surface area contributed by atoms with E-state index in [0.29, 0.717) is 19.8 Å². The Labute approximate surface area is 133 Å². The minimum Gasteiger partial charge on any atom is -0.381 e. The number of carbonyl (C=O) groups is 1. The number of nitrogens with one attached hydrogen (secondary N) is 1. The van der Waals surface area contributed by atoms with Crippen LogP contribution in [0.3, 0.4) is 0 Å². The summed E-state index contributed by atoms with van der Waals surface area (Å²) in [4.78, 5) is 15.2. The maximum Gasteiger partial charge on any atom is 0.230 e. The molecule has 2 rings (SSSR count). The summed E-state index contributed by atoms with van der Waals surface area (Å²) in [5, 5.41) is 3.15. The molecule has 0 aromatic heterocycles. The lowest BCUT2D eigenvalue weighted by molar-refractivity contribution is -0.130. The molecule has 0 aliphatic carbocycles. The summed E-state index contributed by atoms with van der Waals surface area (Å²) < 4.78 is 5.49. The maximum absolute atomic E-state index is 12.9. The van der Waals surface area contributed by atoms with Crippen LogP contribution in [0.4, 0.5) is 0 Å². The van der Waals surface area contributed by atoms with Crippen molar-refractivity contribution in [2.75, 3.05) is 39.4 Å². The van der Waals surface area contributed by atoms with Crippen LogP contribution >= 0.6 is 0 Å². The number of amides is 1. The molecule has 0 radical (unpaired) electrons. The van der Waals surface area contributed by atoms with E-state index < -0.39 is 5.41 Å². The smallest absolute Gasteiger partial charge is 0.230 e. The molecule has 1 saturated heterocycles. The van der Waals surface area contributed by atoms with Gasteiger partial charge in [-0.1, -0.05) is 44.2 Å². The zero-order valence-electron chi connectivity index (χ0n) is 13.8. The van der Waals surface area contributed by atoms with Crippen molar-refractivity contribution in [1.29, 1.82) is 0 Å². The predicted molar refractivity (Wildman–Crippen MR) is 89.0 cm³/mol. The lowest BCUT2D eigenvalue weighted by atomic mass is 9.73. The van der Waals surface area contributed by atoms with Gasteiger partial charge in [0.2, 0.25) is 5.91 Å². The Morgan fingerprint density at radius 1 is 1.18 bits per heavy atom. The summed E-state index contributed by atoms with van der Waals surface area (Å²) in [6.45, 7) is 9.24. The minimum absolute atomic E-state index is 0.147. The monoisotopic (exact) mass is 304 g/mol. The molecule has 122 valence electrons. The Hall–Kier alpha value is -1.39. The molecule has 0 saturated carbocycles. The molecule has 1 aromatic rings. The van der Waals surface area contributed by atoms with Crippen molar-refractivity contribution in [2.45, 2.75) is 32.1 Å². The molecular formula is C18H28N2O2. The molecule has 1 aliphatic rings. The van der Waals surface area contributed by atoms with Crippen LogP contribution in [0.5, 0.6) is 0 Å². The summed E-state index contributed by atoms with van der Waals surface area (Å²) in [6.07, 6.45) is 1.52. The highest BCUT2D eigenvalue weighted by molar-refractivity contribution is 5.88. The van der Waals surface area contributed by atoms with Gasteiger partial charge in [0.1, 0.15) is 0 Å². The molecular weight excluding hydrogens is 276 g/mol. The molecule has 1 aliphatic heterocycles. The van der Waals surface area contributed by atoms with E-state index in [-0.39, 0.29) is 5.91 Å². The Kier molecular flexibility index (Phi) is 6.40. The number of nitrogens with zero attached hydrogens (tertiary/aromatic N) is 1. The largest absolute Gasteiger partial charge is 0.381 e. The van der Waals surface area contributed by atoms with Crippen molar-refractivity contribution in [3.63, 3.8) is 0 Å². The van der Waals surface area contributed by atoms with E-state index in [2.05, 4.69) is 36.2 Å². The maximum atomic E-state index is 12.9. The Morgan fingerprint density at radius 2 is 1.82 bits per heavy atom. The van der Waals surface area contributed by atoms with Gasteiger partial charge < -0.3 is 15.0 Å². The SMILES string of the molecule is CCN(CC)CCNC(=O)C1(c2ccccc2)CCOCC1. The van der Waals surface area contributed by atoms with E-state index in [0.717, 1.165) is 38.0 Å². The average molecular weight is 304 g/mol. The molecule has 0 bridgehead atoms. The number of carbonyl (C=O) groups excluding carboxylic acids is 1. The molecule has 22 heavy (non-hydrogen) atoms. The molecule has 1 amide bonds. The van der Waals surface area contributed by atoms with Crippen molar-refractivity contribution in [2.24, 2.45) is 0 Å². The molecule has 1 heterocycles. The second-order valence-electron chi connectivity index (χ2n) is 5.84. The first-order valence-corrected chi connectivity index (χ1v) is 8.37. The number of rotatable bonds is 7. The van der Waals surface area contributed by atoms with Gasteiger partial charge in [-0.25, -0.2) is 0 Å². The van der Waals surface area contributed by atoms with E-state index in [9.17, 15) is 4.79 Å². The van der Waals surface area contributed by atoms with Gasteiger partial charge in [-0.2, -0.15) is 0 Å². The zero-order valence-corrected chi connectivity index (χ0v) is 13.8. The van der Waals surface area contributed by atoms with Crippen LogP contribution in [-0.4, -0.2) is 50.2 Å². The fourth-order valence-corrected chi connectivity index (χ4v) is 3.16. The standard InChI is InChI=1S/C18H28N2O2/c1-3-20(4-2)13-12-19-17(21)18(10-14-22-15-11-18)16-8-6-5-7-9-16/h5-9H,3-4,10-15H2,1-2H3,(H,19,21). The van der Waals surface area contributed by atoms with Gasteiger partial charge in [0, 0.05) is 26.3 Å². The molecule has 1 fully saturated rings. The van der Waals surface area contributed by atoms with Gasteiger partial charge in [-0.05, 0) is 31.5 Å². The molecule has 0 spiro atoms. The third kappa shape index (κ3) is 3.87. The second kappa shape index (κ2) is 8.30. The Morgan fingerprint density at radius 3 is 2.41 bits per heavy atom. The molecule has 1 N–H and O–H groups in total. The van der Waals surface area contributed by atoms with Gasteiger partial charge in [0.15, 0.2) is 0 Å². The third-order valence-corrected chi connectivity index (χ3v) is 4.72. The van der Waals surface area contributed by atoms with Gasteiger partial charge in [0.25, 0.3) is 0 Å². The summed E-state index contributed by atoms with van der Waals surface area (Å²) >= 11 is 0. The Bertz CT molecular complexity index is 451. The van der Waals surface area contributed by atoms with Gasteiger partial charge in [0.05, 0.1) is 5.41 Å². The highest BCUT2D eigenvalue weighted by Crippen LogP contribution is 2.35. The van der Waals surface area contributed by atoms with Crippen LogP contribution in [0.1, 0.15) is 32.3 Å². The van der Waals surface area contributed by atoms with Gasteiger partial charge >= 0.3 is 0 Å². The highest BCUT2D eigenvalue weighted by Gasteiger charge is 2.41. The first kappa shape index (κ1) is 17.0. The number of benzene rings is 1. The van der Waals surface area contributed by atoms with E-state index in [4.69, 9.17) is 4.74 Å². The van der Waals surface area contributed by atoms with Crippen LogP contribution in [0.15, 0.2) is 30.3 Å². The summed E-state index contributed by atoms with van der Waals surface area (Å²) in [7, 11) is 0. The molecule has 4 heteroatoms. The van der Waals surface area contributed by atoms with E-state index in [1.807, 2.05) is 18.2 Å². The van der Waals surface area contributed by atoms with Crippen LogP contribution in [-0.2, 0) is 14.9 Å². The fourth-order valence-electron chi connectivity index (χ4n) is 3.16. The van der Waals surface area contributed by atoms with Crippen molar-refractivity contribution >= 4 is 5.91 Å². The first-order valence-electron chi connectivity index (χ1n) is 8.37. The van der Waals surface area contributed by atoms with Gasteiger partial charge in [-0.15, -0.1) is 0 Å². The summed E-state index contributed by atoms with van der Waals surface area (Å²) in [6, 6.07) is 10.1. The predicted octanol–water partition coefficient (Wildman–Crippen LogP) is 2.19. The summed E-state index contributed by atoms with van der Waals surface area (Å²) in [5.74, 6) is 0.147. The van der Waals surface area contributed by atoms with Gasteiger partial charge in [-0.3, -0.25) is 4.79 Å². The van der Waals surface area contributed by atoms with Crippen molar-refractivity contribution in [1.82, 2.24) is 10.2 Å². The first-order chi connectivity index (χ1) is 10.7. The lowest BCUT2D eigenvalue weighted by Crippen LogP contribution is -2.49. The quantitative estimate of drug-likeness (QED) is 0.839. The van der Waals surface area contributed by atoms with E-state index >= 15 is 0 Å². The summed E-state index contributed by atoms with van der Waals surface area (Å²) in [5.41, 5.74) is 0.682. The zero-order chi connectivity index (χ0) is 15.8. The normalized spacial score (nSPS) is 17.4. The number of hydrogen-bond donors (Lipinski definition) is 1. The Balaban J connectivity index is 2.04. The molecule has 1 aromatic carbocycles.